The first-order valence-electron chi connectivity index (χ1n) is 7.60. The van der Waals surface area contributed by atoms with Crippen molar-refractivity contribution in [1.29, 1.82) is 0 Å². The minimum absolute atomic E-state index is 0.616. The monoisotopic (exact) mass is 295 g/mol. The van der Waals surface area contributed by atoms with Crippen molar-refractivity contribution in [3.63, 3.8) is 0 Å². The third-order valence-electron chi connectivity index (χ3n) is 4.46. The molecule has 0 atom stereocenters. The number of nitrogens with one attached hydrogen (secondary N) is 1. The SMILES string of the molecule is CC(C)N1CCC(N2COCNc3ccsc3C2)CC1. The molecule has 1 aromatic rings. The molecule has 1 fully saturated rings. The summed E-state index contributed by atoms with van der Waals surface area (Å²) in [6.45, 7) is 9.41. The van der Waals surface area contributed by atoms with Crippen molar-refractivity contribution in [3.05, 3.63) is 16.3 Å². The molecule has 2 aliphatic rings. The zero-order chi connectivity index (χ0) is 13.9. The van der Waals surface area contributed by atoms with E-state index in [1.807, 2.05) is 11.3 Å². The molecule has 3 heterocycles. The van der Waals surface area contributed by atoms with Crippen LogP contribution in [0.25, 0.3) is 0 Å². The van der Waals surface area contributed by atoms with E-state index in [0.717, 1.165) is 13.3 Å². The molecule has 0 unspecified atom stereocenters. The average Bonchev–Trinajstić information content (AvgIpc) is 2.85. The van der Waals surface area contributed by atoms with Crippen molar-refractivity contribution in [2.45, 2.75) is 45.3 Å². The molecule has 4 nitrogen and oxygen atoms in total. The predicted octanol–water partition coefficient (Wildman–Crippen LogP) is 2.78. The molecule has 1 aromatic heterocycles. The van der Waals surface area contributed by atoms with E-state index >= 15 is 0 Å². The molecule has 0 radical (unpaired) electrons. The van der Waals surface area contributed by atoms with Gasteiger partial charge in [-0.05, 0) is 51.2 Å². The van der Waals surface area contributed by atoms with E-state index in [9.17, 15) is 0 Å². The number of nitrogens with zero attached hydrogens (tertiary/aromatic N) is 2. The van der Waals surface area contributed by atoms with Gasteiger partial charge >= 0.3 is 0 Å². The highest BCUT2D eigenvalue weighted by Crippen LogP contribution is 2.28. The van der Waals surface area contributed by atoms with Gasteiger partial charge in [0.15, 0.2) is 0 Å². The minimum atomic E-state index is 0.616. The molecule has 0 aliphatic carbocycles. The summed E-state index contributed by atoms with van der Waals surface area (Å²) in [5.74, 6) is 0. The zero-order valence-electron chi connectivity index (χ0n) is 12.5. The Balaban J connectivity index is 1.63. The largest absolute Gasteiger partial charge is 0.362 e. The lowest BCUT2D eigenvalue weighted by Crippen LogP contribution is -2.47. The fourth-order valence-electron chi connectivity index (χ4n) is 3.14. The summed E-state index contributed by atoms with van der Waals surface area (Å²) in [7, 11) is 0. The van der Waals surface area contributed by atoms with Crippen LogP contribution in [-0.4, -0.2) is 48.4 Å². The van der Waals surface area contributed by atoms with Gasteiger partial charge in [-0.1, -0.05) is 0 Å². The Morgan fingerprint density at radius 1 is 1.35 bits per heavy atom. The van der Waals surface area contributed by atoms with E-state index in [4.69, 9.17) is 4.74 Å². The second-order valence-electron chi connectivity index (χ2n) is 6.02. The summed E-state index contributed by atoms with van der Waals surface area (Å²) in [6.07, 6.45) is 2.52. The number of hydrogen-bond donors (Lipinski definition) is 1. The summed E-state index contributed by atoms with van der Waals surface area (Å²) < 4.78 is 5.75. The number of rotatable bonds is 2. The van der Waals surface area contributed by atoms with Gasteiger partial charge in [0, 0.05) is 23.5 Å². The molecular formula is C15H25N3OS. The van der Waals surface area contributed by atoms with Gasteiger partial charge < -0.3 is 15.0 Å². The molecule has 20 heavy (non-hydrogen) atoms. The topological polar surface area (TPSA) is 27.7 Å². The van der Waals surface area contributed by atoms with Crippen LogP contribution in [0.5, 0.6) is 0 Å². The molecule has 0 saturated carbocycles. The molecule has 0 bridgehead atoms. The van der Waals surface area contributed by atoms with Crippen LogP contribution in [0.2, 0.25) is 0 Å². The molecule has 0 aromatic carbocycles. The zero-order valence-corrected chi connectivity index (χ0v) is 13.3. The first-order chi connectivity index (χ1) is 9.74. The lowest BCUT2D eigenvalue weighted by Gasteiger charge is -2.40. The van der Waals surface area contributed by atoms with Crippen LogP contribution in [0.1, 0.15) is 31.6 Å². The molecule has 3 rings (SSSR count). The smallest absolute Gasteiger partial charge is 0.118 e. The van der Waals surface area contributed by atoms with Gasteiger partial charge in [0.2, 0.25) is 0 Å². The van der Waals surface area contributed by atoms with Crippen LogP contribution in [0.15, 0.2) is 11.4 Å². The number of piperidine rings is 1. The van der Waals surface area contributed by atoms with Gasteiger partial charge in [0.1, 0.15) is 13.5 Å². The van der Waals surface area contributed by atoms with Crippen LogP contribution in [0, 0.1) is 0 Å². The number of ether oxygens (including phenoxy) is 1. The van der Waals surface area contributed by atoms with Crippen molar-refractivity contribution < 1.29 is 4.74 Å². The third kappa shape index (κ3) is 3.17. The first kappa shape index (κ1) is 14.3. The van der Waals surface area contributed by atoms with E-state index in [2.05, 4.69) is 40.4 Å². The fourth-order valence-corrected chi connectivity index (χ4v) is 4.02. The summed E-state index contributed by atoms with van der Waals surface area (Å²) in [5, 5.41) is 5.51. The van der Waals surface area contributed by atoms with Crippen molar-refractivity contribution in [3.8, 4) is 0 Å². The summed E-state index contributed by atoms with van der Waals surface area (Å²) in [5.41, 5.74) is 1.25. The van der Waals surface area contributed by atoms with Crippen molar-refractivity contribution >= 4 is 17.0 Å². The van der Waals surface area contributed by atoms with Crippen molar-refractivity contribution in [2.24, 2.45) is 0 Å². The maximum atomic E-state index is 5.75. The van der Waals surface area contributed by atoms with Crippen LogP contribution in [0.3, 0.4) is 0 Å². The second-order valence-corrected chi connectivity index (χ2v) is 7.02. The van der Waals surface area contributed by atoms with Crippen LogP contribution < -0.4 is 5.32 Å². The van der Waals surface area contributed by atoms with Gasteiger partial charge in [0.25, 0.3) is 0 Å². The number of likely N-dealkylation sites (tertiary alicyclic amines) is 1. The maximum absolute atomic E-state index is 5.75. The summed E-state index contributed by atoms with van der Waals surface area (Å²) >= 11 is 1.85. The summed E-state index contributed by atoms with van der Waals surface area (Å²) in [6, 6.07) is 3.50. The highest BCUT2D eigenvalue weighted by molar-refractivity contribution is 7.10. The average molecular weight is 295 g/mol. The first-order valence-corrected chi connectivity index (χ1v) is 8.48. The van der Waals surface area contributed by atoms with Gasteiger partial charge in [-0.2, -0.15) is 0 Å². The molecule has 5 heteroatoms. The fraction of sp³-hybridized carbons (Fsp3) is 0.733. The maximum Gasteiger partial charge on any atom is 0.118 e. The predicted molar refractivity (Wildman–Crippen MR) is 84.0 cm³/mol. The van der Waals surface area contributed by atoms with E-state index in [-0.39, 0.29) is 0 Å². The Kier molecular flexibility index (Phi) is 4.61. The molecule has 0 amide bonds. The van der Waals surface area contributed by atoms with Gasteiger partial charge in [-0.15, -0.1) is 11.3 Å². The lowest BCUT2D eigenvalue weighted by atomic mass is 10.0. The minimum Gasteiger partial charge on any atom is -0.362 e. The highest BCUT2D eigenvalue weighted by Gasteiger charge is 2.27. The molecule has 1 N–H and O–H groups in total. The van der Waals surface area contributed by atoms with Crippen molar-refractivity contribution in [1.82, 2.24) is 9.80 Å². The van der Waals surface area contributed by atoms with E-state index in [1.54, 1.807) is 0 Å². The Labute approximate surface area is 125 Å². The lowest BCUT2D eigenvalue weighted by molar-refractivity contribution is -0.0151. The van der Waals surface area contributed by atoms with Crippen LogP contribution in [0.4, 0.5) is 5.69 Å². The van der Waals surface area contributed by atoms with Crippen LogP contribution in [-0.2, 0) is 11.3 Å². The van der Waals surface area contributed by atoms with E-state index in [1.165, 1.54) is 36.5 Å². The Morgan fingerprint density at radius 3 is 2.90 bits per heavy atom. The third-order valence-corrected chi connectivity index (χ3v) is 5.37. The van der Waals surface area contributed by atoms with Gasteiger partial charge in [-0.25, -0.2) is 0 Å². The van der Waals surface area contributed by atoms with Crippen LogP contribution >= 0.6 is 11.3 Å². The molecule has 2 aliphatic heterocycles. The van der Waals surface area contributed by atoms with Gasteiger partial charge in [-0.3, -0.25) is 4.90 Å². The van der Waals surface area contributed by atoms with E-state index in [0.29, 0.717) is 18.8 Å². The summed E-state index contributed by atoms with van der Waals surface area (Å²) in [4.78, 5) is 6.55. The number of fused-ring (bicyclic) bond motifs is 1. The Hall–Kier alpha value is -0.620. The molecule has 1 saturated heterocycles. The quantitative estimate of drug-likeness (QED) is 0.908. The van der Waals surface area contributed by atoms with Crippen molar-refractivity contribution in [2.75, 3.05) is 31.9 Å². The Morgan fingerprint density at radius 2 is 2.15 bits per heavy atom. The molecule has 112 valence electrons. The van der Waals surface area contributed by atoms with Gasteiger partial charge in [0.05, 0.1) is 5.69 Å². The molecular weight excluding hydrogens is 270 g/mol. The number of anilines is 1. The standard InChI is InChI=1S/C15H25N3OS/c1-12(2)17-6-3-13(4-7-17)18-9-15-14(5-8-20-15)16-10-19-11-18/h5,8,12-13,16H,3-4,6-7,9-11H2,1-2H3. The normalized spacial score (nSPS) is 23.1. The van der Waals surface area contributed by atoms with E-state index < -0.39 is 0 Å². The Bertz CT molecular complexity index is 427. The number of thiophene rings is 1. The highest BCUT2D eigenvalue weighted by atomic mass is 32.1. The number of hydrogen-bond acceptors (Lipinski definition) is 5. The molecule has 0 spiro atoms. The second kappa shape index (κ2) is 6.43.